The third-order valence-electron chi connectivity index (χ3n) is 8.72. The van der Waals surface area contributed by atoms with Gasteiger partial charge in [-0.25, -0.2) is 0 Å². The van der Waals surface area contributed by atoms with Crippen LogP contribution in [0.25, 0.3) is 0 Å². The minimum atomic E-state index is -0.662. The number of carbonyl (C=O) groups is 1. The number of allylic oxidation sites excluding steroid dienone is 4. The molecular weight excluding hydrogens is 530 g/mol. The van der Waals surface area contributed by atoms with Gasteiger partial charge in [0.2, 0.25) is 5.91 Å². The Balaban J connectivity index is 3.58. The van der Waals surface area contributed by atoms with Crippen molar-refractivity contribution < 1.29 is 15.0 Å². The monoisotopic (exact) mass is 606 g/mol. The van der Waals surface area contributed by atoms with Crippen LogP contribution in [-0.4, -0.2) is 34.9 Å². The quantitative estimate of drug-likeness (QED) is 0.0505. The zero-order valence-electron chi connectivity index (χ0n) is 29.0. The summed E-state index contributed by atoms with van der Waals surface area (Å²) in [5.41, 5.74) is 0. The number of aliphatic hydroxyl groups excluding tert-OH is 2. The molecule has 4 heteroatoms. The molecule has 0 spiro atoms. The Bertz CT molecular complexity index is 618. The van der Waals surface area contributed by atoms with Crippen molar-refractivity contribution in [1.29, 1.82) is 0 Å². The Hall–Kier alpha value is -1.13. The number of rotatable bonds is 34. The number of carbonyl (C=O) groups excluding carboxylic acids is 1. The molecule has 0 aromatic carbocycles. The van der Waals surface area contributed by atoms with Crippen LogP contribution < -0.4 is 5.32 Å². The molecule has 2 unspecified atom stereocenters. The number of nitrogens with one attached hydrogen (secondary N) is 1. The highest BCUT2D eigenvalue weighted by atomic mass is 16.3. The molecule has 0 aromatic heterocycles. The van der Waals surface area contributed by atoms with Crippen molar-refractivity contribution >= 4 is 5.91 Å². The Morgan fingerprint density at radius 2 is 0.953 bits per heavy atom. The van der Waals surface area contributed by atoms with Crippen LogP contribution in [-0.2, 0) is 4.79 Å². The smallest absolute Gasteiger partial charge is 0.220 e. The summed E-state index contributed by atoms with van der Waals surface area (Å²) in [5.74, 6) is -0.0456. The van der Waals surface area contributed by atoms with Gasteiger partial charge < -0.3 is 15.5 Å². The lowest BCUT2D eigenvalue weighted by atomic mass is 10.0. The topological polar surface area (TPSA) is 69.6 Å². The van der Waals surface area contributed by atoms with E-state index in [0.29, 0.717) is 12.8 Å². The van der Waals surface area contributed by atoms with E-state index in [0.717, 1.165) is 44.9 Å². The normalized spacial score (nSPS) is 13.3. The first kappa shape index (κ1) is 41.9. The van der Waals surface area contributed by atoms with Crippen molar-refractivity contribution in [2.75, 3.05) is 6.61 Å². The second kappa shape index (κ2) is 35.4. The van der Waals surface area contributed by atoms with E-state index < -0.39 is 12.1 Å². The van der Waals surface area contributed by atoms with Crippen molar-refractivity contribution in [3.8, 4) is 0 Å². The Morgan fingerprint density at radius 1 is 0.558 bits per heavy atom. The van der Waals surface area contributed by atoms with Gasteiger partial charge in [0.15, 0.2) is 0 Å². The van der Waals surface area contributed by atoms with Gasteiger partial charge in [0, 0.05) is 6.42 Å². The van der Waals surface area contributed by atoms with Crippen LogP contribution in [0.1, 0.15) is 200 Å². The van der Waals surface area contributed by atoms with Crippen LogP contribution in [0.3, 0.4) is 0 Å². The molecule has 0 saturated heterocycles. The zero-order valence-corrected chi connectivity index (χ0v) is 29.0. The molecule has 0 heterocycles. The van der Waals surface area contributed by atoms with Crippen LogP contribution in [0.5, 0.6) is 0 Å². The van der Waals surface area contributed by atoms with E-state index in [1.165, 1.54) is 128 Å². The van der Waals surface area contributed by atoms with E-state index in [2.05, 4.69) is 43.5 Å². The van der Waals surface area contributed by atoms with Crippen molar-refractivity contribution in [2.24, 2.45) is 0 Å². The molecule has 0 radical (unpaired) electrons. The van der Waals surface area contributed by atoms with Gasteiger partial charge in [-0.15, -0.1) is 0 Å². The molecule has 4 nitrogen and oxygen atoms in total. The molecule has 0 aromatic rings. The summed E-state index contributed by atoms with van der Waals surface area (Å²) in [5, 5.41) is 23.1. The molecule has 0 bridgehead atoms. The predicted octanol–water partition coefficient (Wildman–Crippen LogP) is 11.3. The van der Waals surface area contributed by atoms with E-state index in [9.17, 15) is 15.0 Å². The maximum Gasteiger partial charge on any atom is 0.220 e. The summed E-state index contributed by atoms with van der Waals surface area (Å²) < 4.78 is 0. The van der Waals surface area contributed by atoms with E-state index in [4.69, 9.17) is 0 Å². The highest BCUT2D eigenvalue weighted by Crippen LogP contribution is 2.15. The SMILES string of the molecule is CCCCC/C=C\C/C=C\CCCCCCCC(=O)NC(CO)C(O)CCCCCCCCCCCCCCCCCC. The van der Waals surface area contributed by atoms with Gasteiger partial charge in [0.25, 0.3) is 0 Å². The second-order valence-electron chi connectivity index (χ2n) is 13.0. The molecule has 0 rings (SSSR count). The summed E-state index contributed by atoms with van der Waals surface area (Å²) in [4.78, 5) is 12.3. The Labute approximate surface area is 269 Å². The Morgan fingerprint density at radius 3 is 1.44 bits per heavy atom. The Kier molecular flexibility index (Phi) is 34.4. The number of aliphatic hydroxyl groups is 2. The van der Waals surface area contributed by atoms with Gasteiger partial charge in [0.1, 0.15) is 0 Å². The average Bonchev–Trinajstić information content (AvgIpc) is 3.01. The van der Waals surface area contributed by atoms with Gasteiger partial charge >= 0.3 is 0 Å². The van der Waals surface area contributed by atoms with Gasteiger partial charge in [-0.05, 0) is 44.9 Å². The summed E-state index contributed by atoms with van der Waals surface area (Å²) in [6.07, 6.45) is 43.7. The fourth-order valence-electron chi connectivity index (χ4n) is 5.74. The fourth-order valence-corrected chi connectivity index (χ4v) is 5.74. The summed E-state index contributed by atoms with van der Waals surface area (Å²) >= 11 is 0. The first-order valence-corrected chi connectivity index (χ1v) is 19.0. The fraction of sp³-hybridized carbons (Fsp3) is 0.872. The average molecular weight is 606 g/mol. The molecule has 0 aliphatic rings. The lowest BCUT2D eigenvalue weighted by Crippen LogP contribution is -2.45. The molecular formula is C39H75NO3. The molecule has 254 valence electrons. The van der Waals surface area contributed by atoms with Gasteiger partial charge in [-0.2, -0.15) is 0 Å². The first-order valence-electron chi connectivity index (χ1n) is 19.0. The highest BCUT2D eigenvalue weighted by molar-refractivity contribution is 5.76. The van der Waals surface area contributed by atoms with Gasteiger partial charge in [0.05, 0.1) is 18.8 Å². The molecule has 0 saturated carbocycles. The maximum atomic E-state index is 12.3. The minimum absolute atomic E-state index is 0.0456. The van der Waals surface area contributed by atoms with Crippen LogP contribution in [0.15, 0.2) is 24.3 Å². The molecule has 43 heavy (non-hydrogen) atoms. The first-order chi connectivity index (χ1) is 21.2. The highest BCUT2D eigenvalue weighted by Gasteiger charge is 2.19. The molecule has 0 fully saturated rings. The summed E-state index contributed by atoms with van der Waals surface area (Å²) in [6.45, 7) is 4.32. The van der Waals surface area contributed by atoms with Crippen LogP contribution >= 0.6 is 0 Å². The van der Waals surface area contributed by atoms with Crippen molar-refractivity contribution in [3.05, 3.63) is 24.3 Å². The number of amides is 1. The molecule has 1 amide bonds. The standard InChI is InChI=1S/C39H75NO3/c1-3-5-7-9-11-13-15-17-19-21-22-24-26-28-30-32-34-38(42)37(36-41)40-39(43)35-33-31-29-27-25-23-20-18-16-14-12-10-8-6-4-2/h12,14,18,20,37-38,41-42H,3-11,13,15-17,19,21-36H2,1-2H3,(H,40,43)/b14-12-,20-18-. The minimum Gasteiger partial charge on any atom is -0.394 e. The van der Waals surface area contributed by atoms with Crippen LogP contribution in [0.4, 0.5) is 0 Å². The number of hydrogen-bond donors (Lipinski definition) is 3. The second-order valence-corrected chi connectivity index (χ2v) is 13.0. The predicted molar refractivity (Wildman–Crippen MR) is 189 cm³/mol. The molecule has 2 atom stereocenters. The van der Waals surface area contributed by atoms with Crippen LogP contribution in [0, 0.1) is 0 Å². The summed E-state index contributed by atoms with van der Waals surface area (Å²) in [6, 6.07) is -0.540. The van der Waals surface area contributed by atoms with Gasteiger partial charge in [-0.1, -0.05) is 173 Å². The van der Waals surface area contributed by atoms with E-state index in [-0.39, 0.29) is 12.5 Å². The lowest BCUT2D eigenvalue weighted by Gasteiger charge is -2.22. The van der Waals surface area contributed by atoms with E-state index >= 15 is 0 Å². The maximum absolute atomic E-state index is 12.3. The zero-order chi connectivity index (χ0) is 31.5. The third kappa shape index (κ3) is 32.1. The van der Waals surface area contributed by atoms with Crippen LogP contribution in [0.2, 0.25) is 0 Å². The van der Waals surface area contributed by atoms with Crippen molar-refractivity contribution in [1.82, 2.24) is 5.32 Å². The van der Waals surface area contributed by atoms with Crippen molar-refractivity contribution in [3.63, 3.8) is 0 Å². The largest absolute Gasteiger partial charge is 0.394 e. The molecule has 3 N–H and O–H groups in total. The third-order valence-corrected chi connectivity index (χ3v) is 8.72. The van der Waals surface area contributed by atoms with E-state index in [1.807, 2.05) is 0 Å². The molecule has 0 aliphatic carbocycles. The lowest BCUT2D eigenvalue weighted by molar-refractivity contribution is -0.123. The number of hydrogen-bond acceptors (Lipinski definition) is 3. The number of unbranched alkanes of at least 4 members (excludes halogenated alkanes) is 23. The molecule has 0 aliphatic heterocycles. The van der Waals surface area contributed by atoms with Gasteiger partial charge in [-0.3, -0.25) is 4.79 Å². The summed E-state index contributed by atoms with van der Waals surface area (Å²) in [7, 11) is 0. The van der Waals surface area contributed by atoms with E-state index in [1.54, 1.807) is 0 Å². The van der Waals surface area contributed by atoms with Crippen molar-refractivity contribution in [2.45, 2.75) is 212 Å².